The molecule has 6 nitrogen and oxygen atoms in total. The maximum absolute atomic E-state index is 12.6. The van der Waals surface area contributed by atoms with Gasteiger partial charge in [0.2, 0.25) is 5.91 Å². The highest BCUT2D eigenvalue weighted by atomic mass is 16.5. The van der Waals surface area contributed by atoms with Crippen LogP contribution in [0.5, 0.6) is 0 Å². The van der Waals surface area contributed by atoms with Crippen LogP contribution in [0.3, 0.4) is 0 Å². The van der Waals surface area contributed by atoms with Gasteiger partial charge >= 0.3 is 0 Å². The van der Waals surface area contributed by atoms with Gasteiger partial charge in [0, 0.05) is 39.0 Å². The molecule has 27 heavy (non-hydrogen) atoms. The maximum atomic E-state index is 12.6. The molecule has 2 saturated heterocycles. The lowest BCUT2D eigenvalue weighted by Crippen LogP contribution is -2.50. The van der Waals surface area contributed by atoms with E-state index in [1.54, 1.807) is 13.3 Å². The third-order valence-corrected chi connectivity index (χ3v) is 5.89. The fourth-order valence-electron chi connectivity index (χ4n) is 4.32. The summed E-state index contributed by atoms with van der Waals surface area (Å²) >= 11 is 0. The number of nitrogens with zero attached hydrogens (tertiary/aromatic N) is 3. The fourth-order valence-corrected chi connectivity index (χ4v) is 4.32. The van der Waals surface area contributed by atoms with Crippen LogP contribution in [0.1, 0.15) is 37.8 Å². The van der Waals surface area contributed by atoms with Crippen LogP contribution in [-0.4, -0.2) is 73.2 Å². The number of hydrogen-bond donors (Lipinski definition) is 1. The Labute approximate surface area is 163 Å². The van der Waals surface area contributed by atoms with E-state index in [9.17, 15) is 4.79 Å². The van der Waals surface area contributed by atoms with Gasteiger partial charge in [0.25, 0.3) is 0 Å². The summed E-state index contributed by atoms with van der Waals surface area (Å²) in [5.74, 6) is 0.296. The molecule has 6 heteroatoms. The molecule has 1 aromatic heterocycles. The van der Waals surface area contributed by atoms with Crippen molar-refractivity contribution in [3.63, 3.8) is 0 Å². The van der Waals surface area contributed by atoms with Crippen molar-refractivity contribution >= 4 is 5.91 Å². The summed E-state index contributed by atoms with van der Waals surface area (Å²) in [6.07, 6.45) is 7.44. The molecule has 2 aliphatic heterocycles. The van der Waals surface area contributed by atoms with E-state index in [2.05, 4.69) is 20.1 Å². The summed E-state index contributed by atoms with van der Waals surface area (Å²) in [6, 6.07) is 6.44. The number of hydrogen-bond acceptors (Lipinski definition) is 5. The van der Waals surface area contributed by atoms with E-state index in [4.69, 9.17) is 4.74 Å². The van der Waals surface area contributed by atoms with Crippen LogP contribution in [0, 0.1) is 5.92 Å². The summed E-state index contributed by atoms with van der Waals surface area (Å²) in [6.45, 7) is 6.89. The quantitative estimate of drug-likeness (QED) is 0.705. The number of carbonyl (C=O) groups is 1. The number of likely N-dealkylation sites (tertiary alicyclic amines) is 2. The van der Waals surface area contributed by atoms with E-state index in [-0.39, 0.29) is 11.8 Å². The van der Waals surface area contributed by atoms with Crippen molar-refractivity contribution in [2.75, 3.05) is 46.4 Å². The number of methoxy groups -OCH3 is 1. The van der Waals surface area contributed by atoms with Crippen LogP contribution in [0.4, 0.5) is 0 Å². The molecular weight excluding hydrogens is 340 g/mol. The van der Waals surface area contributed by atoms with Gasteiger partial charge in [-0.15, -0.1) is 0 Å². The van der Waals surface area contributed by atoms with Gasteiger partial charge in [0.05, 0.1) is 18.2 Å². The second-order valence-corrected chi connectivity index (χ2v) is 7.79. The molecule has 0 radical (unpaired) electrons. The third kappa shape index (κ3) is 6.26. The zero-order valence-corrected chi connectivity index (χ0v) is 16.6. The van der Waals surface area contributed by atoms with E-state index in [1.807, 2.05) is 18.2 Å². The average Bonchev–Trinajstić information content (AvgIpc) is 2.73. The predicted octanol–water partition coefficient (Wildman–Crippen LogP) is 1.91. The highest BCUT2D eigenvalue weighted by Crippen LogP contribution is 2.24. The zero-order chi connectivity index (χ0) is 18.9. The first-order valence-electron chi connectivity index (χ1n) is 10.4. The smallest absolute Gasteiger partial charge is 0.224 e. The molecule has 150 valence electrons. The van der Waals surface area contributed by atoms with Crippen molar-refractivity contribution in [1.29, 1.82) is 0 Å². The normalized spacial score (nSPS) is 22.6. The maximum Gasteiger partial charge on any atom is 0.224 e. The summed E-state index contributed by atoms with van der Waals surface area (Å²) in [4.78, 5) is 22.0. The predicted molar refractivity (Wildman–Crippen MR) is 106 cm³/mol. The summed E-state index contributed by atoms with van der Waals surface area (Å²) < 4.78 is 5.15. The van der Waals surface area contributed by atoms with E-state index in [0.717, 1.165) is 51.2 Å². The van der Waals surface area contributed by atoms with Gasteiger partial charge in [0.1, 0.15) is 0 Å². The number of pyridine rings is 1. The Morgan fingerprint density at radius 3 is 2.85 bits per heavy atom. The minimum absolute atomic E-state index is 0.113. The van der Waals surface area contributed by atoms with Gasteiger partial charge < -0.3 is 15.0 Å². The highest BCUT2D eigenvalue weighted by Gasteiger charge is 2.31. The molecule has 0 aromatic carbocycles. The Morgan fingerprint density at radius 2 is 2.11 bits per heavy atom. The first kappa shape index (κ1) is 20.2. The van der Waals surface area contributed by atoms with Gasteiger partial charge in [-0.05, 0) is 63.9 Å². The van der Waals surface area contributed by atoms with Crippen LogP contribution in [-0.2, 0) is 16.1 Å². The van der Waals surface area contributed by atoms with Crippen molar-refractivity contribution in [3.05, 3.63) is 30.1 Å². The molecule has 0 spiro atoms. The van der Waals surface area contributed by atoms with Gasteiger partial charge in [0.15, 0.2) is 0 Å². The Bertz CT molecular complexity index is 561. The third-order valence-electron chi connectivity index (χ3n) is 5.89. The minimum Gasteiger partial charge on any atom is -0.385 e. The van der Waals surface area contributed by atoms with Crippen molar-refractivity contribution in [2.45, 2.75) is 44.7 Å². The number of aromatic nitrogens is 1. The second kappa shape index (κ2) is 10.7. The standard InChI is InChI=1S/C21H34N4O2/c1-27-15-5-11-24-13-8-20(9-14-24)25-12-4-6-18(17-25)21(26)23-16-19-7-2-3-10-22-19/h2-3,7,10,18,20H,4-6,8-9,11-17H2,1H3,(H,23,26)/t18-/m1/s1. The molecule has 2 aliphatic rings. The van der Waals surface area contributed by atoms with E-state index in [1.165, 1.54) is 25.9 Å². The molecule has 0 saturated carbocycles. The molecule has 1 atom stereocenters. The summed E-state index contributed by atoms with van der Waals surface area (Å²) in [5, 5.41) is 3.08. The topological polar surface area (TPSA) is 57.7 Å². The molecule has 1 N–H and O–H groups in total. The summed E-state index contributed by atoms with van der Waals surface area (Å²) in [7, 11) is 1.77. The van der Waals surface area contributed by atoms with Crippen molar-refractivity contribution in [3.8, 4) is 0 Å². The Kier molecular flexibility index (Phi) is 8.05. The molecule has 2 fully saturated rings. The molecule has 3 heterocycles. The van der Waals surface area contributed by atoms with E-state index < -0.39 is 0 Å². The molecule has 0 bridgehead atoms. The van der Waals surface area contributed by atoms with Crippen molar-refractivity contribution < 1.29 is 9.53 Å². The van der Waals surface area contributed by atoms with Crippen molar-refractivity contribution in [2.24, 2.45) is 5.92 Å². The fraction of sp³-hybridized carbons (Fsp3) is 0.714. The Morgan fingerprint density at radius 1 is 1.26 bits per heavy atom. The van der Waals surface area contributed by atoms with Gasteiger partial charge in [-0.25, -0.2) is 0 Å². The van der Waals surface area contributed by atoms with E-state index in [0.29, 0.717) is 12.6 Å². The number of nitrogens with one attached hydrogen (secondary N) is 1. The minimum atomic E-state index is 0.113. The van der Waals surface area contributed by atoms with Gasteiger partial charge in [-0.1, -0.05) is 6.07 Å². The largest absolute Gasteiger partial charge is 0.385 e. The lowest BCUT2D eigenvalue weighted by Gasteiger charge is -2.42. The van der Waals surface area contributed by atoms with Crippen LogP contribution in [0.15, 0.2) is 24.4 Å². The van der Waals surface area contributed by atoms with E-state index >= 15 is 0 Å². The molecule has 3 rings (SSSR count). The zero-order valence-electron chi connectivity index (χ0n) is 16.6. The highest BCUT2D eigenvalue weighted by molar-refractivity contribution is 5.78. The molecule has 0 unspecified atom stereocenters. The number of rotatable bonds is 8. The monoisotopic (exact) mass is 374 g/mol. The van der Waals surface area contributed by atoms with Crippen molar-refractivity contribution in [1.82, 2.24) is 20.1 Å². The molecule has 1 amide bonds. The van der Waals surface area contributed by atoms with Gasteiger partial charge in [-0.2, -0.15) is 0 Å². The second-order valence-electron chi connectivity index (χ2n) is 7.79. The molecule has 0 aliphatic carbocycles. The first-order chi connectivity index (χ1) is 13.3. The Balaban J connectivity index is 1.40. The van der Waals surface area contributed by atoms with Crippen LogP contribution < -0.4 is 5.32 Å². The summed E-state index contributed by atoms with van der Waals surface area (Å²) in [5.41, 5.74) is 0.916. The lowest BCUT2D eigenvalue weighted by molar-refractivity contribution is -0.127. The molecule has 1 aromatic rings. The van der Waals surface area contributed by atoms with Gasteiger partial charge in [-0.3, -0.25) is 14.7 Å². The van der Waals surface area contributed by atoms with Crippen LogP contribution >= 0.6 is 0 Å². The number of piperidine rings is 2. The number of ether oxygens (including phenoxy) is 1. The number of amides is 1. The molecular formula is C21H34N4O2. The van der Waals surface area contributed by atoms with Crippen LogP contribution in [0.2, 0.25) is 0 Å². The SMILES string of the molecule is COCCCN1CCC(N2CCC[C@@H](C(=O)NCc3ccccn3)C2)CC1. The average molecular weight is 375 g/mol. The number of carbonyl (C=O) groups excluding carboxylic acids is 1. The lowest BCUT2D eigenvalue weighted by atomic mass is 9.93. The first-order valence-corrected chi connectivity index (χ1v) is 10.4. The Hall–Kier alpha value is -1.50. The van der Waals surface area contributed by atoms with Crippen LogP contribution in [0.25, 0.3) is 0 Å².